The van der Waals surface area contributed by atoms with E-state index in [2.05, 4.69) is 15.4 Å². The topological polar surface area (TPSA) is 76.4 Å². The van der Waals surface area contributed by atoms with Gasteiger partial charge in [-0.3, -0.25) is 9.59 Å². The van der Waals surface area contributed by atoms with Gasteiger partial charge in [-0.2, -0.15) is 9.61 Å². The second-order valence-corrected chi connectivity index (χ2v) is 8.22. The molecule has 8 heteroatoms. The minimum Gasteiger partial charge on any atom is -0.325 e. The van der Waals surface area contributed by atoms with Crippen LogP contribution in [0.15, 0.2) is 53.3 Å². The lowest BCUT2D eigenvalue weighted by Gasteiger charge is -2.08. The second-order valence-electron chi connectivity index (χ2n) is 6.20. The number of thioether (sulfide) groups is 1. The molecule has 2 aromatic heterocycles. The van der Waals surface area contributed by atoms with Crippen molar-refractivity contribution in [1.29, 1.82) is 0 Å². The molecule has 0 fully saturated rings. The summed E-state index contributed by atoms with van der Waals surface area (Å²) in [7, 11) is 0. The van der Waals surface area contributed by atoms with Crippen LogP contribution in [-0.2, 0) is 17.0 Å². The Kier molecular flexibility index (Phi) is 5.40. The van der Waals surface area contributed by atoms with Gasteiger partial charge in [-0.25, -0.2) is 4.98 Å². The van der Waals surface area contributed by atoms with E-state index in [1.807, 2.05) is 49.4 Å². The SMILES string of the molecule is CCc1nn2c(=O)cc(CSCC(=O)Nc3cccc4ccccc34)nc2s1. The molecule has 4 aromatic rings. The van der Waals surface area contributed by atoms with Crippen molar-refractivity contribution in [2.45, 2.75) is 19.1 Å². The van der Waals surface area contributed by atoms with Crippen LogP contribution >= 0.6 is 23.1 Å². The third kappa shape index (κ3) is 3.93. The van der Waals surface area contributed by atoms with Crippen LogP contribution in [0.3, 0.4) is 0 Å². The van der Waals surface area contributed by atoms with Gasteiger partial charge in [-0.05, 0) is 17.9 Å². The van der Waals surface area contributed by atoms with Gasteiger partial charge in [0.05, 0.1) is 11.4 Å². The summed E-state index contributed by atoms with van der Waals surface area (Å²) in [6.45, 7) is 1.99. The summed E-state index contributed by atoms with van der Waals surface area (Å²) in [6.07, 6.45) is 0.770. The van der Waals surface area contributed by atoms with E-state index in [1.54, 1.807) is 0 Å². The smallest absolute Gasteiger partial charge is 0.275 e. The summed E-state index contributed by atoms with van der Waals surface area (Å²) >= 11 is 2.85. The van der Waals surface area contributed by atoms with Crippen molar-refractivity contribution in [1.82, 2.24) is 14.6 Å². The van der Waals surface area contributed by atoms with Gasteiger partial charge in [0.2, 0.25) is 10.9 Å². The number of carbonyl (C=O) groups is 1. The lowest BCUT2D eigenvalue weighted by molar-refractivity contribution is -0.113. The normalized spacial score (nSPS) is 11.2. The van der Waals surface area contributed by atoms with E-state index in [9.17, 15) is 9.59 Å². The maximum absolute atomic E-state index is 12.3. The Morgan fingerprint density at radius 1 is 1.21 bits per heavy atom. The van der Waals surface area contributed by atoms with Gasteiger partial charge in [0, 0.05) is 22.9 Å². The van der Waals surface area contributed by atoms with E-state index >= 15 is 0 Å². The van der Waals surface area contributed by atoms with E-state index in [1.165, 1.54) is 33.7 Å². The van der Waals surface area contributed by atoms with Crippen molar-refractivity contribution in [2.24, 2.45) is 0 Å². The fraction of sp³-hybridized carbons (Fsp3) is 0.200. The Morgan fingerprint density at radius 3 is 2.89 bits per heavy atom. The molecule has 0 aliphatic rings. The fourth-order valence-electron chi connectivity index (χ4n) is 2.88. The lowest BCUT2D eigenvalue weighted by atomic mass is 10.1. The first-order valence-electron chi connectivity index (χ1n) is 8.88. The van der Waals surface area contributed by atoms with Gasteiger partial charge in [-0.15, -0.1) is 11.8 Å². The monoisotopic (exact) mass is 410 g/mol. The van der Waals surface area contributed by atoms with Gasteiger partial charge in [-0.1, -0.05) is 54.7 Å². The number of fused-ring (bicyclic) bond motifs is 2. The predicted octanol–water partition coefficient (Wildman–Crippen LogP) is 3.74. The molecule has 1 amide bonds. The highest BCUT2D eigenvalue weighted by Crippen LogP contribution is 2.23. The van der Waals surface area contributed by atoms with Crippen LogP contribution in [-0.4, -0.2) is 26.3 Å². The van der Waals surface area contributed by atoms with E-state index < -0.39 is 0 Å². The van der Waals surface area contributed by atoms with Crippen molar-refractivity contribution in [2.75, 3.05) is 11.1 Å². The lowest BCUT2D eigenvalue weighted by Crippen LogP contribution is -2.16. The number of anilines is 1. The maximum Gasteiger partial charge on any atom is 0.275 e. The molecule has 2 heterocycles. The van der Waals surface area contributed by atoms with Crippen molar-refractivity contribution in [3.05, 3.63) is 69.6 Å². The number of aromatic nitrogens is 3. The first-order valence-corrected chi connectivity index (χ1v) is 10.8. The highest BCUT2D eigenvalue weighted by molar-refractivity contribution is 7.99. The Hall–Kier alpha value is -2.71. The fourth-order valence-corrected chi connectivity index (χ4v) is 4.46. The van der Waals surface area contributed by atoms with Crippen molar-refractivity contribution in [3.63, 3.8) is 0 Å². The van der Waals surface area contributed by atoms with E-state index in [0.29, 0.717) is 16.4 Å². The summed E-state index contributed by atoms with van der Waals surface area (Å²) in [5, 5.41) is 10.2. The molecular weight excluding hydrogens is 392 g/mol. The molecule has 0 saturated heterocycles. The highest BCUT2D eigenvalue weighted by Gasteiger charge is 2.10. The van der Waals surface area contributed by atoms with Gasteiger partial charge < -0.3 is 5.32 Å². The second kappa shape index (κ2) is 8.12. The quantitative estimate of drug-likeness (QED) is 0.524. The first-order chi connectivity index (χ1) is 13.6. The van der Waals surface area contributed by atoms with Crippen LogP contribution in [0.2, 0.25) is 0 Å². The van der Waals surface area contributed by atoms with E-state index in [0.717, 1.165) is 27.9 Å². The maximum atomic E-state index is 12.3. The zero-order valence-electron chi connectivity index (χ0n) is 15.2. The zero-order chi connectivity index (χ0) is 19.5. The number of rotatable bonds is 6. The minimum absolute atomic E-state index is 0.0785. The Bertz CT molecular complexity index is 1210. The molecule has 2 aromatic carbocycles. The van der Waals surface area contributed by atoms with Gasteiger partial charge in [0.15, 0.2) is 0 Å². The highest BCUT2D eigenvalue weighted by atomic mass is 32.2. The molecule has 4 rings (SSSR count). The predicted molar refractivity (Wildman–Crippen MR) is 115 cm³/mol. The summed E-state index contributed by atoms with van der Waals surface area (Å²) in [5.74, 6) is 0.700. The van der Waals surface area contributed by atoms with Crippen molar-refractivity contribution in [3.8, 4) is 0 Å². The van der Waals surface area contributed by atoms with Crippen LogP contribution in [0.25, 0.3) is 15.7 Å². The van der Waals surface area contributed by atoms with Crippen LogP contribution in [0.4, 0.5) is 5.69 Å². The molecular formula is C20H18N4O2S2. The standard InChI is InChI=1S/C20H18N4O2S2/c1-2-18-23-24-19(26)10-14(21-20(24)28-18)11-27-12-17(25)22-16-9-5-7-13-6-3-4-8-15(13)16/h3-10H,2,11-12H2,1H3,(H,22,25). The molecule has 0 aliphatic heterocycles. The molecule has 28 heavy (non-hydrogen) atoms. The third-order valence-electron chi connectivity index (χ3n) is 4.19. The Balaban J connectivity index is 1.40. The Morgan fingerprint density at radius 2 is 2.04 bits per heavy atom. The number of benzene rings is 2. The number of amides is 1. The summed E-state index contributed by atoms with van der Waals surface area (Å²) in [6, 6.07) is 15.3. The molecule has 0 bridgehead atoms. The van der Waals surface area contributed by atoms with Gasteiger partial charge in [0.1, 0.15) is 5.01 Å². The van der Waals surface area contributed by atoms with Gasteiger partial charge in [0.25, 0.3) is 5.56 Å². The molecule has 0 saturated carbocycles. The number of carbonyl (C=O) groups excluding carboxylic acids is 1. The molecule has 0 unspecified atom stereocenters. The third-order valence-corrected chi connectivity index (χ3v) is 6.21. The minimum atomic E-state index is -0.184. The molecule has 0 radical (unpaired) electrons. The average molecular weight is 411 g/mol. The van der Waals surface area contributed by atoms with Gasteiger partial charge >= 0.3 is 0 Å². The van der Waals surface area contributed by atoms with Crippen LogP contribution in [0.1, 0.15) is 17.6 Å². The summed E-state index contributed by atoms with van der Waals surface area (Å²) < 4.78 is 1.34. The summed E-state index contributed by atoms with van der Waals surface area (Å²) in [4.78, 5) is 29.6. The first kappa shape index (κ1) is 18.6. The number of aryl methyl sites for hydroxylation is 1. The number of hydrogen-bond donors (Lipinski definition) is 1. The molecule has 0 aliphatic carbocycles. The molecule has 1 N–H and O–H groups in total. The molecule has 6 nitrogen and oxygen atoms in total. The van der Waals surface area contributed by atoms with Crippen molar-refractivity contribution < 1.29 is 4.79 Å². The average Bonchev–Trinajstić information content (AvgIpc) is 3.12. The van der Waals surface area contributed by atoms with E-state index in [4.69, 9.17) is 0 Å². The largest absolute Gasteiger partial charge is 0.325 e. The number of nitrogens with one attached hydrogen (secondary N) is 1. The molecule has 0 atom stereocenters. The Labute approximate surface area is 169 Å². The summed E-state index contributed by atoms with van der Waals surface area (Å²) in [5.41, 5.74) is 1.29. The van der Waals surface area contributed by atoms with Crippen LogP contribution < -0.4 is 10.9 Å². The van der Waals surface area contributed by atoms with Crippen molar-refractivity contribution >= 4 is 50.4 Å². The molecule has 142 valence electrons. The van der Waals surface area contributed by atoms with E-state index in [-0.39, 0.29) is 17.2 Å². The van der Waals surface area contributed by atoms with Crippen LogP contribution in [0.5, 0.6) is 0 Å². The van der Waals surface area contributed by atoms with Crippen LogP contribution in [0, 0.1) is 0 Å². The number of nitrogens with zero attached hydrogens (tertiary/aromatic N) is 3. The number of hydrogen-bond acceptors (Lipinski definition) is 6. The molecule has 0 spiro atoms. The zero-order valence-corrected chi connectivity index (χ0v) is 16.8.